The summed E-state index contributed by atoms with van der Waals surface area (Å²) >= 11 is 0. The molecular weight excluding hydrogens is 410 g/mol. The van der Waals surface area contributed by atoms with Crippen molar-refractivity contribution in [2.24, 2.45) is 0 Å². The molecule has 4 amide bonds. The van der Waals surface area contributed by atoms with Gasteiger partial charge in [-0.25, -0.2) is 0 Å². The van der Waals surface area contributed by atoms with Crippen molar-refractivity contribution in [3.05, 3.63) is 59.9 Å². The van der Waals surface area contributed by atoms with E-state index < -0.39 is 5.66 Å². The highest BCUT2D eigenvalue weighted by molar-refractivity contribution is 6.11. The van der Waals surface area contributed by atoms with Gasteiger partial charge in [0.2, 0.25) is 17.7 Å². The summed E-state index contributed by atoms with van der Waals surface area (Å²) in [5.41, 5.74) is 1.04. The monoisotopic (exact) mass is 435 g/mol. The lowest BCUT2D eigenvalue weighted by Crippen LogP contribution is -2.63. The lowest BCUT2D eigenvalue weighted by molar-refractivity contribution is -0.124. The van der Waals surface area contributed by atoms with Crippen LogP contribution in [0.25, 0.3) is 0 Å². The van der Waals surface area contributed by atoms with E-state index in [1.807, 2.05) is 19.1 Å². The fourth-order valence-electron chi connectivity index (χ4n) is 4.25. The molecule has 2 N–H and O–H groups in total. The van der Waals surface area contributed by atoms with Gasteiger partial charge in [-0.15, -0.1) is 0 Å². The zero-order chi connectivity index (χ0) is 22.7. The molecule has 1 aromatic heterocycles. The molecule has 4 rings (SSSR count). The van der Waals surface area contributed by atoms with Crippen LogP contribution in [0.1, 0.15) is 42.1 Å². The van der Waals surface area contributed by atoms with Gasteiger partial charge in [-0.3, -0.25) is 29.1 Å². The molecule has 32 heavy (non-hydrogen) atoms. The third kappa shape index (κ3) is 4.05. The average Bonchev–Trinajstić information content (AvgIpc) is 3.11. The molecule has 9 heteroatoms. The highest BCUT2D eigenvalue weighted by atomic mass is 16.2. The Hall–Kier alpha value is -3.75. The molecule has 2 aromatic rings. The highest BCUT2D eigenvalue weighted by Gasteiger charge is 2.53. The van der Waals surface area contributed by atoms with Gasteiger partial charge in [0.05, 0.1) is 11.3 Å². The van der Waals surface area contributed by atoms with Crippen molar-refractivity contribution in [1.29, 1.82) is 0 Å². The summed E-state index contributed by atoms with van der Waals surface area (Å²) in [5.74, 6) is -0.909. The number of nitrogens with zero attached hydrogens (tertiary/aromatic N) is 3. The second kappa shape index (κ2) is 8.78. The quantitative estimate of drug-likeness (QED) is 0.679. The first-order valence-corrected chi connectivity index (χ1v) is 10.6. The van der Waals surface area contributed by atoms with Crippen LogP contribution in [0.5, 0.6) is 0 Å². The van der Waals surface area contributed by atoms with Gasteiger partial charge in [-0.1, -0.05) is 12.1 Å². The van der Waals surface area contributed by atoms with Crippen LogP contribution in [-0.4, -0.2) is 52.3 Å². The number of para-hydroxylation sites is 1. The molecule has 2 aliphatic rings. The van der Waals surface area contributed by atoms with Crippen LogP contribution < -0.4 is 15.5 Å². The predicted molar refractivity (Wildman–Crippen MR) is 116 cm³/mol. The molecule has 166 valence electrons. The van der Waals surface area contributed by atoms with E-state index >= 15 is 0 Å². The normalized spacial score (nSPS) is 19.4. The second-order valence-corrected chi connectivity index (χ2v) is 8.09. The first-order chi connectivity index (χ1) is 15.4. The van der Waals surface area contributed by atoms with Crippen molar-refractivity contribution in [2.75, 3.05) is 18.0 Å². The zero-order valence-electron chi connectivity index (χ0n) is 17.8. The molecule has 0 spiro atoms. The maximum absolute atomic E-state index is 13.1. The molecule has 0 saturated carbocycles. The minimum absolute atomic E-state index is 0.0660. The van der Waals surface area contributed by atoms with Crippen molar-refractivity contribution in [2.45, 2.75) is 38.4 Å². The number of benzene rings is 1. The summed E-state index contributed by atoms with van der Waals surface area (Å²) in [6, 6.07) is 10.6. The molecule has 0 aliphatic carbocycles. The summed E-state index contributed by atoms with van der Waals surface area (Å²) < 4.78 is 0. The number of hydrogen-bond acceptors (Lipinski definition) is 5. The Kier molecular flexibility index (Phi) is 5.89. The molecule has 1 unspecified atom stereocenters. The van der Waals surface area contributed by atoms with Crippen LogP contribution in [0.4, 0.5) is 5.69 Å². The first-order valence-electron chi connectivity index (χ1n) is 10.6. The fourth-order valence-corrected chi connectivity index (χ4v) is 4.25. The van der Waals surface area contributed by atoms with Gasteiger partial charge in [0.15, 0.2) is 0 Å². The van der Waals surface area contributed by atoms with Crippen LogP contribution in [0.15, 0.2) is 48.8 Å². The molecular formula is C23H25N5O4. The summed E-state index contributed by atoms with van der Waals surface area (Å²) in [6.45, 7) is 2.16. The van der Waals surface area contributed by atoms with Gasteiger partial charge in [0.1, 0.15) is 12.2 Å². The van der Waals surface area contributed by atoms with E-state index in [-0.39, 0.29) is 43.1 Å². The number of carbonyl (C=O) groups excluding carboxylic acids is 4. The van der Waals surface area contributed by atoms with E-state index in [2.05, 4.69) is 15.6 Å². The molecule has 0 bridgehead atoms. The van der Waals surface area contributed by atoms with Gasteiger partial charge in [0, 0.05) is 38.3 Å². The SMILES string of the molecule is CC12CCC(=O)N1c1ccccc1C(=O)N2CC(=O)NCCC(=O)NCc1ccncc1. The summed E-state index contributed by atoms with van der Waals surface area (Å²) in [7, 11) is 0. The molecule has 1 fully saturated rings. The highest BCUT2D eigenvalue weighted by Crippen LogP contribution is 2.43. The number of carbonyl (C=O) groups is 4. The van der Waals surface area contributed by atoms with Crippen LogP contribution >= 0.6 is 0 Å². The van der Waals surface area contributed by atoms with Crippen molar-refractivity contribution >= 4 is 29.3 Å². The van der Waals surface area contributed by atoms with Crippen molar-refractivity contribution < 1.29 is 19.2 Å². The smallest absolute Gasteiger partial charge is 0.258 e. The van der Waals surface area contributed by atoms with Gasteiger partial charge in [-0.2, -0.15) is 0 Å². The summed E-state index contributed by atoms with van der Waals surface area (Å²) in [4.78, 5) is 57.3. The van der Waals surface area contributed by atoms with E-state index in [0.717, 1.165) is 5.56 Å². The van der Waals surface area contributed by atoms with E-state index in [1.165, 1.54) is 4.90 Å². The molecule has 1 saturated heterocycles. The Morgan fingerprint density at radius 2 is 1.81 bits per heavy atom. The number of pyridine rings is 1. The number of anilines is 1. The van der Waals surface area contributed by atoms with Crippen molar-refractivity contribution in [3.8, 4) is 0 Å². The molecule has 3 heterocycles. The minimum atomic E-state index is -0.887. The third-order valence-electron chi connectivity index (χ3n) is 5.96. The second-order valence-electron chi connectivity index (χ2n) is 8.09. The van der Waals surface area contributed by atoms with Crippen molar-refractivity contribution in [1.82, 2.24) is 20.5 Å². The Morgan fingerprint density at radius 1 is 1.06 bits per heavy atom. The predicted octanol–water partition coefficient (Wildman–Crippen LogP) is 1.20. The molecule has 0 radical (unpaired) electrons. The van der Waals surface area contributed by atoms with Crippen LogP contribution in [0, 0.1) is 0 Å². The van der Waals surface area contributed by atoms with Gasteiger partial charge < -0.3 is 15.5 Å². The molecule has 1 atom stereocenters. The maximum Gasteiger partial charge on any atom is 0.258 e. The number of hydrogen-bond donors (Lipinski definition) is 2. The Balaban J connectivity index is 1.34. The Labute approximate surface area is 185 Å². The number of nitrogens with one attached hydrogen (secondary N) is 2. The van der Waals surface area contributed by atoms with E-state index in [0.29, 0.717) is 30.6 Å². The zero-order valence-corrected chi connectivity index (χ0v) is 17.8. The topological polar surface area (TPSA) is 112 Å². The Morgan fingerprint density at radius 3 is 2.59 bits per heavy atom. The number of fused-ring (bicyclic) bond motifs is 3. The lowest BCUT2D eigenvalue weighted by atomic mass is 9.98. The molecule has 2 aliphatic heterocycles. The first kappa shape index (κ1) is 21.5. The minimum Gasteiger partial charge on any atom is -0.354 e. The van der Waals surface area contributed by atoms with Crippen LogP contribution in [0.3, 0.4) is 0 Å². The van der Waals surface area contributed by atoms with E-state index in [9.17, 15) is 19.2 Å². The average molecular weight is 435 g/mol. The van der Waals surface area contributed by atoms with Gasteiger partial charge >= 0.3 is 0 Å². The number of amides is 4. The molecule has 9 nitrogen and oxygen atoms in total. The number of rotatable bonds is 7. The van der Waals surface area contributed by atoms with Crippen LogP contribution in [-0.2, 0) is 20.9 Å². The Bertz CT molecular complexity index is 1060. The fraction of sp³-hybridized carbons (Fsp3) is 0.348. The van der Waals surface area contributed by atoms with Crippen LogP contribution in [0.2, 0.25) is 0 Å². The van der Waals surface area contributed by atoms with Crippen molar-refractivity contribution in [3.63, 3.8) is 0 Å². The maximum atomic E-state index is 13.1. The summed E-state index contributed by atoms with van der Waals surface area (Å²) in [6.07, 6.45) is 4.20. The standard InChI is InChI=1S/C23H25N5O4/c1-23-10-6-21(31)28(23)18-5-3-2-4-17(18)22(32)27(23)15-20(30)25-13-9-19(29)26-14-16-7-11-24-12-8-16/h2-5,7-8,11-12H,6,9-10,13-15H2,1H3,(H,25,30)(H,26,29). The van der Waals surface area contributed by atoms with Gasteiger partial charge in [-0.05, 0) is 43.2 Å². The lowest BCUT2D eigenvalue weighted by Gasteiger charge is -2.48. The number of aromatic nitrogens is 1. The van der Waals surface area contributed by atoms with E-state index in [1.54, 1.807) is 41.6 Å². The molecule has 1 aromatic carbocycles. The summed E-state index contributed by atoms with van der Waals surface area (Å²) in [5, 5.41) is 5.49. The van der Waals surface area contributed by atoms with E-state index in [4.69, 9.17) is 0 Å². The van der Waals surface area contributed by atoms with Gasteiger partial charge in [0.25, 0.3) is 5.91 Å². The largest absolute Gasteiger partial charge is 0.354 e. The third-order valence-corrected chi connectivity index (χ3v) is 5.96.